The van der Waals surface area contributed by atoms with E-state index in [0.717, 1.165) is 0 Å². The summed E-state index contributed by atoms with van der Waals surface area (Å²) in [5.74, 6) is 5.28. The first kappa shape index (κ1) is 15.7. The van der Waals surface area contributed by atoms with E-state index in [1.807, 2.05) is 5.32 Å². The van der Waals surface area contributed by atoms with Gasteiger partial charge >= 0.3 is 6.09 Å². The van der Waals surface area contributed by atoms with Crippen molar-refractivity contribution in [3.05, 3.63) is 30.1 Å². The molecule has 1 aromatic rings. The van der Waals surface area contributed by atoms with Crippen LogP contribution >= 0.6 is 0 Å². The van der Waals surface area contributed by atoms with Crippen LogP contribution in [0.25, 0.3) is 0 Å². The molecule has 1 rings (SSSR count). The number of halogens is 1. The van der Waals surface area contributed by atoms with Gasteiger partial charge in [0.2, 0.25) is 0 Å². The van der Waals surface area contributed by atoms with E-state index in [1.54, 1.807) is 0 Å². The molecule has 0 saturated heterocycles. The molecule has 0 fully saturated rings. The smallest absolute Gasteiger partial charge is 0.404 e. The lowest BCUT2D eigenvalue weighted by Crippen LogP contribution is -2.13. The predicted octanol–water partition coefficient (Wildman–Crippen LogP) is 1.08. The quantitative estimate of drug-likeness (QED) is 0.691. The number of benzene rings is 1. The highest BCUT2D eigenvalue weighted by molar-refractivity contribution is 5.63. The summed E-state index contributed by atoms with van der Waals surface area (Å²) < 4.78 is 17.5. The third-order valence-corrected chi connectivity index (χ3v) is 1.54. The molecule has 0 aromatic heterocycles. The first-order valence-corrected chi connectivity index (χ1v) is 4.95. The number of aliphatic hydroxyl groups excluding tert-OH is 1. The van der Waals surface area contributed by atoms with Gasteiger partial charge in [-0.15, -0.1) is 0 Å². The molecule has 0 heterocycles. The van der Waals surface area contributed by atoms with E-state index in [1.165, 1.54) is 31.3 Å². The molecule has 0 atom stereocenters. The van der Waals surface area contributed by atoms with Gasteiger partial charge in [0.25, 0.3) is 0 Å². The maximum atomic E-state index is 12.4. The zero-order valence-corrected chi connectivity index (χ0v) is 9.81. The lowest BCUT2D eigenvalue weighted by atomic mass is 10.3. The second-order valence-corrected chi connectivity index (χ2v) is 2.81. The van der Waals surface area contributed by atoms with Crippen molar-refractivity contribution in [2.75, 3.05) is 20.3 Å². The Morgan fingerprint density at radius 3 is 2.39 bits per heavy atom. The number of ether oxygens (including phenoxy) is 1. The van der Waals surface area contributed by atoms with Crippen LogP contribution in [0.2, 0.25) is 0 Å². The predicted molar refractivity (Wildman–Crippen MR) is 63.8 cm³/mol. The standard InChI is InChI=1S/C10H9FO2.C2H5NO2/c11-9-3-5-10(6-4-9)13-8-2-1-7-12;1-3-2(4)5/h3-6,12H,7-8H2;3H,1H3,(H,4,5). The van der Waals surface area contributed by atoms with Crippen LogP contribution in [-0.4, -0.2) is 36.6 Å². The zero-order chi connectivity index (χ0) is 13.8. The number of rotatable bonds is 2. The third-order valence-electron chi connectivity index (χ3n) is 1.54. The van der Waals surface area contributed by atoms with Crippen molar-refractivity contribution in [2.45, 2.75) is 0 Å². The Balaban J connectivity index is 0.000000494. The normalized spacial score (nSPS) is 8.17. The van der Waals surface area contributed by atoms with Gasteiger partial charge in [0, 0.05) is 7.05 Å². The minimum absolute atomic E-state index is 0.174. The maximum absolute atomic E-state index is 12.4. The maximum Gasteiger partial charge on any atom is 0.404 e. The second-order valence-electron chi connectivity index (χ2n) is 2.81. The highest BCUT2D eigenvalue weighted by Crippen LogP contribution is 2.10. The Morgan fingerprint density at radius 1 is 1.39 bits per heavy atom. The van der Waals surface area contributed by atoms with E-state index < -0.39 is 6.09 Å². The van der Waals surface area contributed by atoms with Crippen molar-refractivity contribution < 1.29 is 24.1 Å². The fourth-order valence-electron chi connectivity index (χ4n) is 0.757. The summed E-state index contributed by atoms with van der Waals surface area (Å²) in [7, 11) is 1.35. The van der Waals surface area contributed by atoms with E-state index in [-0.39, 0.29) is 19.0 Å². The van der Waals surface area contributed by atoms with Crippen molar-refractivity contribution in [2.24, 2.45) is 0 Å². The van der Waals surface area contributed by atoms with Crippen LogP contribution in [0.1, 0.15) is 0 Å². The molecule has 3 N–H and O–H groups in total. The summed E-state index contributed by atoms with van der Waals surface area (Å²) in [5, 5.41) is 17.9. The molecule has 98 valence electrons. The number of hydrogen-bond donors (Lipinski definition) is 3. The lowest BCUT2D eigenvalue weighted by molar-refractivity contribution is 0.197. The van der Waals surface area contributed by atoms with Gasteiger partial charge in [-0.05, 0) is 24.3 Å². The number of amides is 1. The third kappa shape index (κ3) is 9.00. The molecule has 0 radical (unpaired) electrons. The van der Waals surface area contributed by atoms with E-state index in [9.17, 15) is 9.18 Å². The number of hydrogen-bond acceptors (Lipinski definition) is 3. The van der Waals surface area contributed by atoms with Crippen LogP contribution in [0, 0.1) is 17.7 Å². The molecular weight excluding hydrogens is 241 g/mol. The minimum Gasteiger partial charge on any atom is -0.481 e. The molecule has 0 aliphatic rings. The Bertz CT molecular complexity index is 408. The van der Waals surface area contributed by atoms with E-state index in [0.29, 0.717) is 5.75 Å². The molecule has 0 unspecified atom stereocenters. The van der Waals surface area contributed by atoms with Crippen LogP contribution < -0.4 is 10.1 Å². The minimum atomic E-state index is -0.995. The van der Waals surface area contributed by atoms with E-state index in [4.69, 9.17) is 14.9 Å². The monoisotopic (exact) mass is 255 g/mol. The number of aliphatic hydroxyl groups is 1. The van der Waals surface area contributed by atoms with Gasteiger partial charge in [0.05, 0.1) is 0 Å². The van der Waals surface area contributed by atoms with Crippen LogP contribution in [0.4, 0.5) is 9.18 Å². The van der Waals surface area contributed by atoms with Gasteiger partial charge in [-0.2, -0.15) is 0 Å². The van der Waals surface area contributed by atoms with Crippen molar-refractivity contribution in [1.82, 2.24) is 5.32 Å². The summed E-state index contributed by atoms with van der Waals surface area (Å²) in [6.45, 7) is 0.0268. The van der Waals surface area contributed by atoms with Gasteiger partial charge in [0.15, 0.2) is 0 Å². The molecule has 0 saturated carbocycles. The van der Waals surface area contributed by atoms with Crippen LogP contribution in [0.5, 0.6) is 5.75 Å². The SMILES string of the molecule is CNC(=O)O.OCC#CCOc1ccc(F)cc1. The first-order valence-electron chi connectivity index (χ1n) is 4.95. The summed E-state index contributed by atoms with van der Waals surface area (Å²) in [6, 6.07) is 5.68. The molecule has 0 aliphatic heterocycles. The zero-order valence-electron chi connectivity index (χ0n) is 9.81. The molecule has 0 spiro atoms. The average Bonchev–Trinajstić information content (AvgIpc) is 2.37. The molecule has 0 bridgehead atoms. The van der Waals surface area contributed by atoms with Crippen molar-refractivity contribution in [3.8, 4) is 17.6 Å². The molecule has 1 amide bonds. The van der Waals surface area contributed by atoms with Gasteiger partial charge < -0.3 is 20.3 Å². The number of carboxylic acid groups (broad SMARTS) is 1. The van der Waals surface area contributed by atoms with E-state index in [2.05, 4.69) is 11.8 Å². The first-order chi connectivity index (χ1) is 8.60. The van der Waals surface area contributed by atoms with Crippen LogP contribution in [0.15, 0.2) is 24.3 Å². The highest BCUT2D eigenvalue weighted by Gasteiger charge is 1.91. The summed E-state index contributed by atoms with van der Waals surface area (Å²) in [6.07, 6.45) is -0.995. The van der Waals surface area contributed by atoms with Crippen LogP contribution in [-0.2, 0) is 0 Å². The van der Waals surface area contributed by atoms with Gasteiger partial charge in [-0.25, -0.2) is 9.18 Å². The van der Waals surface area contributed by atoms with E-state index >= 15 is 0 Å². The number of nitrogens with one attached hydrogen (secondary N) is 1. The lowest BCUT2D eigenvalue weighted by Gasteiger charge is -1.99. The van der Waals surface area contributed by atoms with Gasteiger partial charge in [-0.1, -0.05) is 11.8 Å². The average molecular weight is 255 g/mol. The largest absolute Gasteiger partial charge is 0.481 e. The molecular formula is C12H14FNO4. The van der Waals surface area contributed by atoms with Crippen molar-refractivity contribution in [3.63, 3.8) is 0 Å². The Labute approximate surface area is 104 Å². The van der Waals surface area contributed by atoms with Gasteiger partial charge in [0.1, 0.15) is 24.8 Å². The molecule has 0 aliphatic carbocycles. The van der Waals surface area contributed by atoms with Crippen molar-refractivity contribution >= 4 is 6.09 Å². The fraction of sp³-hybridized carbons (Fsp3) is 0.250. The Kier molecular flexibility index (Phi) is 8.68. The molecule has 18 heavy (non-hydrogen) atoms. The van der Waals surface area contributed by atoms with Crippen LogP contribution in [0.3, 0.4) is 0 Å². The van der Waals surface area contributed by atoms with Crippen molar-refractivity contribution in [1.29, 1.82) is 0 Å². The Hall–Kier alpha value is -2.26. The fourth-order valence-corrected chi connectivity index (χ4v) is 0.757. The summed E-state index contributed by atoms with van der Waals surface area (Å²) in [4.78, 5) is 9.26. The number of carbonyl (C=O) groups is 1. The highest BCUT2D eigenvalue weighted by atomic mass is 19.1. The van der Waals surface area contributed by atoms with Gasteiger partial charge in [-0.3, -0.25) is 0 Å². The summed E-state index contributed by atoms with van der Waals surface area (Å²) >= 11 is 0. The topological polar surface area (TPSA) is 78.8 Å². The molecule has 6 heteroatoms. The second kappa shape index (κ2) is 9.93. The Morgan fingerprint density at radius 2 is 1.94 bits per heavy atom. The molecule has 5 nitrogen and oxygen atoms in total. The summed E-state index contributed by atoms with van der Waals surface area (Å²) in [5.41, 5.74) is 0. The molecule has 1 aromatic carbocycles.